The molecule has 0 aliphatic carbocycles. The van der Waals surface area contributed by atoms with E-state index in [1.165, 1.54) is 10.7 Å². The number of aromatic carboxylic acids is 1. The lowest BCUT2D eigenvalue weighted by molar-refractivity contribution is 0.0695. The lowest BCUT2D eigenvalue weighted by Gasteiger charge is -2.26. The topological polar surface area (TPSA) is 87.5 Å². The van der Waals surface area contributed by atoms with Gasteiger partial charge in [-0.1, -0.05) is 42.3 Å². The largest absolute Gasteiger partial charge is 0.478 e. The Bertz CT molecular complexity index is 1120. The molecule has 8 heteroatoms. The van der Waals surface area contributed by atoms with Gasteiger partial charge in [-0.3, -0.25) is 10.2 Å². The summed E-state index contributed by atoms with van der Waals surface area (Å²) in [5, 5.41) is 16.7. The first-order valence-corrected chi connectivity index (χ1v) is 10.6. The Morgan fingerprint density at radius 1 is 1.03 bits per heavy atom. The first kappa shape index (κ1) is 21.1. The molecule has 2 N–H and O–H groups in total. The highest BCUT2D eigenvalue weighted by Crippen LogP contribution is 2.31. The zero-order valence-corrected chi connectivity index (χ0v) is 17.9. The van der Waals surface area contributed by atoms with Crippen LogP contribution < -0.4 is 5.43 Å². The molecule has 2 heterocycles. The Morgan fingerprint density at radius 3 is 2.39 bits per heavy atom. The van der Waals surface area contributed by atoms with E-state index in [9.17, 15) is 14.7 Å². The molecule has 3 aromatic rings. The standard InChI is InChI=1S/C23H23ClN4O3/c1-15-20(22(29)26-27-13-5-2-6-14-27)25-28(19-8-4-3-7-18(19)23(30)31)21(15)16-9-11-17(24)12-10-16/h3-4,7-12H,2,5-6,13-14H2,1H3,(H,26,29)(H,30,31). The lowest BCUT2D eigenvalue weighted by Crippen LogP contribution is -2.45. The van der Waals surface area contributed by atoms with E-state index in [0.717, 1.165) is 37.9 Å². The van der Waals surface area contributed by atoms with Crippen LogP contribution in [0, 0.1) is 6.92 Å². The maximum absolute atomic E-state index is 13.1. The number of hydrogen-bond acceptors (Lipinski definition) is 4. The highest BCUT2D eigenvalue weighted by molar-refractivity contribution is 6.30. The van der Waals surface area contributed by atoms with E-state index in [2.05, 4.69) is 10.5 Å². The number of nitrogens with zero attached hydrogens (tertiary/aromatic N) is 3. The molecule has 0 saturated carbocycles. The Morgan fingerprint density at radius 2 is 1.71 bits per heavy atom. The molecule has 1 fully saturated rings. The summed E-state index contributed by atoms with van der Waals surface area (Å²) < 4.78 is 1.53. The summed E-state index contributed by atoms with van der Waals surface area (Å²) in [6, 6.07) is 13.8. The quantitative estimate of drug-likeness (QED) is 0.619. The van der Waals surface area contributed by atoms with Gasteiger partial charge in [-0.25, -0.2) is 14.5 Å². The molecule has 1 amide bonds. The number of carboxylic acids is 1. The summed E-state index contributed by atoms with van der Waals surface area (Å²) in [6.45, 7) is 3.43. The van der Waals surface area contributed by atoms with Crippen molar-refractivity contribution in [2.24, 2.45) is 0 Å². The maximum atomic E-state index is 13.1. The van der Waals surface area contributed by atoms with E-state index in [0.29, 0.717) is 22.0 Å². The van der Waals surface area contributed by atoms with Crippen molar-refractivity contribution in [1.29, 1.82) is 0 Å². The summed E-state index contributed by atoms with van der Waals surface area (Å²) >= 11 is 6.06. The van der Waals surface area contributed by atoms with E-state index < -0.39 is 5.97 Å². The smallest absolute Gasteiger partial charge is 0.337 e. The fourth-order valence-corrected chi connectivity index (χ4v) is 4.00. The third-order valence-corrected chi connectivity index (χ3v) is 5.69. The molecule has 160 valence electrons. The fourth-order valence-electron chi connectivity index (χ4n) is 3.87. The zero-order valence-electron chi connectivity index (χ0n) is 17.1. The second-order valence-electron chi connectivity index (χ2n) is 7.55. The summed E-state index contributed by atoms with van der Waals surface area (Å²) in [6.07, 6.45) is 3.23. The van der Waals surface area contributed by atoms with E-state index in [4.69, 9.17) is 11.6 Å². The van der Waals surface area contributed by atoms with Crippen molar-refractivity contribution in [1.82, 2.24) is 20.2 Å². The summed E-state index contributed by atoms with van der Waals surface area (Å²) in [5.74, 6) is -1.37. The fraction of sp³-hybridized carbons (Fsp3) is 0.261. The van der Waals surface area contributed by atoms with Gasteiger partial charge in [0.1, 0.15) is 0 Å². The molecule has 0 radical (unpaired) electrons. The number of halogens is 1. The molecule has 0 spiro atoms. The number of nitrogens with one attached hydrogen (secondary N) is 1. The van der Waals surface area contributed by atoms with Crippen LogP contribution in [0.15, 0.2) is 48.5 Å². The van der Waals surface area contributed by atoms with E-state index in [1.807, 2.05) is 24.1 Å². The number of hydrazine groups is 1. The van der Waals surface area contributed by atoms with Gasteiger partial charge >= 0.3 is 5.97 Å². The van der Waals surface area contributed by atoms with Crippen LogP contribution >= 0.6 is 11.6 Å². The van der Waals surface area contributed by atoms with Gasteiger partial charge in [0, 0.05) is 29.2 Å². The van der Waals surface area contributed by atoms with Crippen molar-refractivity contribution in [3.05, 3.63) is 70.4 Å². The van der Waals surface area contributed by atoms with E-state index >= 15 is 0 Å². The molecule has 4 rings (SSSR count). The number of para-hydroxylation sites is 1. The van der Waals surface area contributed by atoms with Gasteiger partial charge in [-0.15, -0.1) is 0 Å². The highest BCUT2D eigenvalue weighted by Gasteiger charge is 2.25. The van der Waals surface area contributed by atoms with Crippen LogP contribution in [-0.2, 0) is 0 Å². The second kappa shape index (κ2) is 8.91. The number of aromatic nitrogens is 2. The molecule has 1 aliphatic heterocycles. The number of carbonyl (C=O) groups excluding carboxylic acids is 1. The van der Waals surface area contributed by atoms with Crippen LogP contribution in [0.3, 0.4) is 0 Å². The number of rotatable bonds is 5. The molecular weight excluding hydrogens is 416 g/mol. The Kier molecular flexibility index (Phi) is 6.06. The van der Waals surface area contributed by atoms with Crippen molar-refractivity contribution >= 4 is 23.5 Å². The molecule has 31 heavy (non-hydrogen) atoms. The third-order valence-electron chi connectivity index (χ3n) is 5.43. The van der Waals surface area contributed by atoms with Gasteiger partial charge in [0.25, 0.3) is 5.91 Å². The molecule has 1 aliphatic rings. The summed E-state index contributed by atoms with van der Waals surface area (Å²) in [5.41, 5.74) is 5.79. The van der Waals surface area contributed by atoms with Crippen molar-refractivity contribution in [3.63, 3.8) is 0 Å². The Balaban J connectivity index is 1.83. The van der Waals surface area contributed by atoms with Gasteiger partial charge < -0.3 is 5.11 Å². The second-order valence-corrected chi connectivity index (χ2v) is 7.99. The normalized spacial score (nSPS) is 14.4. The molecule has 0 atom stereocenters. The number of carboxylic acid groups (broad SMARTS) is 1. The van der Waals surface area contributed by atoms with Gasteiger partial charge in [0.2, 0.25) is 0 Å². The van der Waals surface area contributed by atoms with Gasteiger partial charge in [-0.05, 0) is 44.0 Å². The number of piperidine rings is 1. The van der Waals surface area contributed by atoms with Crippen molar-refractivity contribution < 1.29 is 14.7 Å². The molecule has 7 nitrogen and oxygen atoms in total. The first-order valence-electron chi connectivity index (χ1n) is 10.2. The average Bonchev–Trinajstić information content (AvgIpc) is 3.12. The SMILES string of the molecule is Cc1c(C(=O)NN2CCCCC2)nn(-c2ccccc2C(=O)O)c1-c1ccc(Cl)cc1. The molecule has 1 aromatic heterocycles. The first-order chi connectivity index (χ1) is 15.0. The average molecular weight is 439 g/mol. The van der Waals surface area contributed by atoms with Crippen LogP contribution in [0.2, 0.25) is 5.02 Å². The minimum Gasteiger partial charge on any atom is -0.478 e. The number of hydrogen-bond donors (Lipinski definition) is 2. The van der Waals surface area contributed by atoms with Gasteiger partial charge in [0.05, 0.1) is 16.9 Å². The van der Waals surface area contributed by atoms with Gasteiger partial charge in [0.15, 0.2) is 5.69 Å². The predicted octanol–water partition coefficient (Wildman–Crippen LogP) is 4.33. The highest BCUT2D eigenvalue weighted by atomic mass is 35.5. The molecule has 0 bridgehead atoms. The minimum absolute atomic E-state index is 0.100. The van der Waals surface area contributed by atoms with Crippen molar-refractivity contribution in [2.45, 2.75) is 26.2 Å². The number of amides is 1. The monoisotopic (exact) mass is 438 g/mol. The molecular formula is C23H23ClN4O3. The maximum Gasteiger partial charge on any atom is 0.337 e. The minimum atomic E-state index is -1.06. The lowest BCUT2D eigenvalue weighted by atomic mass is 10.1. The zero-order chi connectivity index (χ0) is 22.0. The van der Waals surface area contributed by atoms with Crippen LogP contribution in [0.1, 0.15) is 45.7 Å². The van der Waals surface area contributed by atoms with Crippen LogP contribution in [0.4, 0.5) is 0 Å². The van der Waals surface area contributed by atoms with Gasteiger partial charge in [-0.2, -0.15) is 5.10 Å². The number of carbonyl (C=O) groups is 2. The molecule has 0 unspecified atom stereocenters. The molecule has 1 saturated heterocycles. The van der Waals surface area contributed by atoms with Crippen molar-refractivity contribution in [3.8, 4) is 16.9 Å². The van der Waals surface area contributed by atoms with Crippen LogP contribution in [0.5, 0.6) is 0 Å². The number of benzene rings is 2. The molecule has 2 aromatic carbocycles. The Labute approximate surface area is 185 Å². The van der Waals surface area contributed by atoms with Crippen molar-refractivity contribution in [2.75, 3.05) is 13.1 Å². The van der Waals surface area contributed by atoms with Crippen LogP contribution in [-0.4, -0.2) is 44.9 Å². The van der Waals surface area contributed by atoms with E-state index in [1.54, 1.807) is 30.3 Å². The van der Waals surface area contributed by atoms with E-state index in [-0.39, 0.29) is 17.2 Å². The summed E-state index contributed by atoms with van der Waals surface area (Å²) in [4.78, 5) is 24.9. The third kappa shape index (κ3) is 4.33. The van der Waals surface area contributed by atoms with Crippen LogP contribution in [0.25, 0.3) is 16.9 Å². The Hall–Kier alpha value is -3.16. The summed E-state index contributed by atoms with van der Waals surface area (Å²) in [7, 11) is 0. The predicted molar refractivity (Wildman–Crippen MR) is 119 cm³/mol.